The quantitative estimate of drug-likeness (QED) is 0.0526. The zero-order chi connectivity index (χ0) is 66.4. The second-order valence-corrected chi connectivity index (χ2v) is 26.8. The van der Waals surface area contributed by atoms with Gasteiger partial charge in [0.25, 0.3) is 0 Å². The van der Waals surface area contributed by atoms with E-state index in [1.807, 2.05) is 54.5 Å². The first-order valence-electron chi connectivity index (χ1n) is 29.3. The number of carbonyl (C=O) groups is 7. The number of nitrogens with one attached hydrogen (secondary N) is 1. The van der Waals surface area contributed by atoms with E-state index in [0.717, 1.165) is 0 Å². The molecule has 8 bridgehead atoms. The summed E-state index contributed by atoms with van der Waals surface area (Å²) in [6.07, 6.45) is -1.05. The summed E-state index contributed by atoms with van der Waals surface area (Å²) in [7, 11) is -5.36. The summed E-state index contributed by atoms with van der Waals surface area (Å²) in [5.74, 6) is -6.89. The number of phosphoric ester groups is 1. The summed E-state index contributed by atoms with van der Waals surface area (Å²) in [6.45, 7) is 19.4. The van der Waals surface area contributed by atoms with Crippen molar-refractivity contribution in [1.82, 2.24) is 24.8 Å². The molecule has 2 saturated heterocycles. The van der Waals surface area contributed by atoms with Crippen molar-refractivity contribution in [2.24, 2.45) is 94.7 Å². The molecule has 0 unspecified atom stereocenters. The van der Waals surface area contributed by atoms with Crippen molar-refractivity contribution in [3.05, 3.63) is 59.2 Å². The Kier molecular flexibility index (Phi) is 21.8. The minimum Gasteiger partial charge on any atom is -0.790 e. The number of amides is 7. The molecule has 6 aliphatic heterocycles. The van der Waals surface area contributed by atoms with Gasteiger partial charge in [0.2, 0.25) is 41.4 Å². The van der Waals surface area contributed by atoms with E-state index in [0.29, 0.717) is 56.5 Å². The Hall–Kier alpha value is -6.83. The number of primary amides is 6. The number of aliphatic hydroxyl groups excluding tert-OH is 2. The van der Waals surface area contributed by atoms with Crippen molar-refractivity contribution in [1.29, 1.82) is 0 Å². The van der Waals surface area contributed by atoms with Gasteiger partial charge in [-0.25, -0.2) is 15.0 Å². The van der Waals surface area contributed by atoms with Crippen LogP contribution in [0.1, 0.15) is 139 Å². The summed E-state index contributed by atoms with van der Waals surface area (Å²) in [6, 6.07) is -1.01. The van der Waals surface area contributed by atoms with Crippen LogP contribution in [-0.2, 0) is 64.2 Å². The number of aliphatic hydroxyl groups is 2. The van der Waals surface area contributed by atoms with Crippen LogP contribution in [-0.4, -0.2) is 131 Å². The number of nitrogen functional groups attached to an aromatic ring is 1. The molecule has 0 saturated carbocycles. The van der Waals surface area contributed by atoms with Gasteiger partial charge in [0.05, 0.1) is 37.6 Å². The number of phosphoric acid groups is 1. The van der Waals surface area contributed by atoms with Gasteiger partial charge in [0.1, 0.15) is 17.9 Å². The van der Waals surface area contributed by atoms with Crippen LogP contribution in [0, 0.1) is 52.3 Å². The molecule has 2 aromatic heterocycles. The summed E-state index contributed by atoms with van der Waals surface area (Å²) < 4.78 is 22.7. The van der Waals surface area contributed by atoms with E-state index in [1.54, 1.807) is 6.92 Å². The van der Waals surface area contributed by atoms with Gasteiger partial charge in [0.15, 0.2) is 17.7 Å². The molecular weight excluding hydrogens is 1230 g/mol. The van der Waals surface area contributed by atoms with E-state index < -0.39 is 137 Å². The normalized spacial score (nSPS) is 33.3. The monoisotopic (exact) mass is 1320 g/mol. The first kappa shape index (κ1) is 72.2. The molecule has 14 atom stereocenters. The fourth-order valence-electron chi connectivity index (χ4n) is 14.5. The maximum Gasteiger partial charge on any atom is 0.220 e. The molecule has 0 aromatic carbocycles. The van der Waals surface area contributed by atoms with Crippen LogP contribution < -0.4 is 55.2 Å². The summed E-state index contributed by atoms with van der Waals surface area (Å²) in [5.41, 5.74) is 40.0. The van der Waals surface area contributed by atoms with Crippen LogP contribution in [0.2, 0.25) is 0 Å². The van der Waals surface area contributed by atoms with E-state index in [1.165, 1.54) is 24.1 Å². The number of ether oxygens (including phenoxy) is 1. The molecule has 2 aromatic rings. The molecule has 90 heavy (non-hydrogen) atoms. The molecular formula is C58H83CoN16O14P-4. The SMILES string of the molecule is C/C1=C2/[N-][C@H]([C@H](CC(N)=O)[C@@]2(C)CCC(=O)NC[C@@H](C)OP(=O)([O-])[O-])[C@]2(C)N=C(/C(C)=C3N=C(/C=C4N=C1[C@@H](CCC(N)=O)C\4(C)C)[C@@H](CCC(N)=O)[C@]\3(C)CC(N)=O)[C@@H](CCC(N)=O)[C@]2(C)CC(N)=O.[CH2-][C@H]1O[C@@H](n2cnc3c(N)ncnc32)[C@H](O)[C@@H]1O.[Co]. The molecule has 17 N–H and O–H groups in total. The number of anilines is 1. The minimum atomic E-state index is -5.36. The Morgan fingerprint density at radius 1 is 0.789 bits per heavy atom. The zero-order valence-electron chi connectivity index (χ0n) is 51.9. The van der Waals surface area contributed by atoms with Gasteiger partial charge in [-0.3, -0.25) is 53.1 Å². The number of fused-ring (bicyclic) bond motifs is 7. The van der Waals surface area contributed by atoms with Crippen molar-refractivity contribution in [2.45, 2.75) is 175 Å². The van der Waals surface area contributed by atoms with Crippen molar-refractivity contribution >= 4 is 83.3 Å². The van der Waals surface area contributed by atoms with Crippen molar-refractivity contribution in [3.63, 3.8) is 0 Å². The number of imidazole rings is 1. The van der Waals surface area contributed by atoms with E-state index in [2.05, 4.69) is 31.7 Å². The topological polar surface area (TPSA) is 531 Å². The fourth-order valence-corrected chi connectivity index (χ4v) is 15.0. The summed E-state index contributed by atoms with van der Waals surface area (Å²) in [4.78, 5) is 142. The van der Waals surface area contributed by atoms with Crippen LogP contribution in [0.4, 0.5) is 5.82 Å². The molecule has 1 radical (unpaired) electrons. The predicted molar refractivity (Wildman–Crippen MR) is 322 cm³/mol. The average Bonchev–Trinajstić information content (AvgIpc) is 1.53. The Bertz CT molecular complexity index is 3450. The number of carbonyl (C=O) groups excluding carboxylic acids is 7. The summed E-state index contributed by atoms with van der Waals surface area (Å²) >= 11 is 0. The van der Waals surface area contributed by atoms with Gasteiger partial charge in [-0.05, 0) is 88.0 Å². The van der Waals surface area contributed by atoms with Crippen LogP contribution in [0.25, 0.3) is 16.5 Å². The third-order valence-corrected chi connectivity index (χ3v) is 19.9. The second-order valence-electron chi connectivity index (χ2n) is 25.7. The van der Waals surface area contributed by atoms with Gasteiger partial charge >= 0.3 is 0 Å². The van der Waals surface area contributed by atoms with Crippen LogP contribution in [0.3, 0.4) is 0 Å². The Morgan fingerprint density at radius 3 is 1.92 bits per heavy atom. The number of allylic oxidation sites excluding steroid dienone is 6. The molecule has 30 nitrogen and oxygen atoms in total. The van der Waals surface area contributed by atoms with Crippen molar-refractivity contribution in [3.8, 4) is 0 Å². The van der Waals surface area contributed by atoms with Gasteiger partial charge in [-0.1, -0.05) is 40.7 Å². The third kappa shape index (κ3) is 14.3. The number of hydrogen-bond acceptors (Lipinski definition) is 21. The number of aliphatic imine (C=N–C) groups is 3. The maximum absolute atomic E-state index is 13.7. The summed E-state index contributed by atoms with van der Waals surface area (Å²) in [5, 5.41) is 27.7. The van der Waals surface area contributed by atoms with Gasteiger partial charge in [-0.2, -0.15) is 5.70 Å². The van der Waals surface area contributed by atoms with Crippen LogP contribution in [0.5, 0.6) is 0 Å². The number of nitrogens with two attached hydrogens (primary N) is 7. The molecule has 0 spiro atoms. The molecule has 8 rings (SSSR count). The molecule has 0 aliphatic carbocycles. The fraction of sp³-hybridized carbons (Fsp3) is 0.621. The Labute approximate surface area is 531 Å². The van der Waals surface area contributed by atoms with E-state index in [-0.39, 0.29) is 99.8 Å². The maximum atomic E-state index is 13.7. The standard InChI is InChI=1S/C48H74N11O11P.C10H12N5O3.Co/c1-23(70-71(67,68)69)22-55-38(66)16-17-45(6)29(18-35(52)63)43-48(9)47(8,21-37(54)65)28(12-15-34(51)62)40(59-48)25(3)42-46(7,20-36(53)64)26(10-13-32(49)60)30(56-42)19-31-44(4,5)27(11-14-33(50)61)39(57-31)24(2)41(45)58-43;1-4-6(16)7(17)10(18-4)15-3-14-5-8(11)12-2-13-9(5)15;/h19,23,26-29,43H,10-18,20-22H2,1-9H3,(H16,49,50,51,52,53,54,55,56,57,58,59,60,61,62,63,64,65,66,67,68,69);2-4,6-7,10,16-17H,1H2,(H2,11,12,13);/q;-1;/p-3/t23-,26-,27-,28-,29+,43-,45-,46+,47+,48+;4-,6-,7-,10-;/m11./s1. The largest absolute Gasteiger partial charge is 0.790 e. The van der Waals surface area contributed by atoms with E-state index in [9.17, 15) is 58.1 Å². The molecule has 497 valence electrons. The number of hydrogen-bond donors (Lipinski definition) is 10. The number of nitrogens with zero attached hydrogens (tertiary/aromatic N) is 8. The Balaban J connectivity index is 0.000000573. The molecule has 8 heterocycles. The zero-order valence-corrected chi connectivity index (χ0v) is 53.8. The Morgan fingerprint density at radius 2 is 1.38 bits per heavy atom. The number of rotatable bonds is 23. The second kappa shape index (κ2) is 27.2. The van der Waals surface area contributed by atoms with E-state index in [4.69, 9.17) is 65.2 Å². The average molecular weight is 1320 g/mol. The van der Waals surface area contributed by atoms with Crippen molar-refractivity contribution < 1.29 is 84.2 Å². The first-order valence-corrected chi connectivity index (χ1v) is 30.8. The predicted octanol–water partition coefficient (Wildman–Crippen LogP) is 0.232. The molecule has 6 aliphatic rings. The number of aromatic nitrogens is 4. The van der Waals surface area contributed by atoms with E-state index >= 15 is 0 Å². The molecule has 32 heteroatoms. The van der Waals surface area contributed by atoms with Crippen molar-refractivity contribution in [2.75, 3.05) is 12.3 Å². The minimum absolute atomic E-state index is 0. The van der Waals surface area contributed by atoms with Gasteiger partial charge < -0.3 is 91.5 Å². The van der Waals surface area contributed by atoms with Crippen LogP contribution in [0.15, 0.2) is 61.9 Å². The smallest absolute Gasteiger partial charge is 0.220 e. The first-order chi connectivity index (χ1) is 41.2. The van der Waals surface area contributed by atoms with Gasteiger partial charge in [0, 0.05) is 125 Å². The molecule has 2 fully saturated rings. The molecule has 7 amide bonds. The van der Waals surface area contributed by atoms with Crippen LogP contribution >= 0.6 is 7.82 Å². The van der Waals surface area contributed by atoms with Gasteiger partial charge in [-0.15, -0.1) is 0 Å². The third-order valence-electron chi connectivity index (χ3n) is 19.3.